The second kappa shape index (κ2) is 6.84. The lowest BCUT2D eigenvalue weighted by Gasteiger charge is -2.43. The van der Waals surface area contributed by atoms with Gasteiger partial charge in [-0.05, 0) is 42.4 Å². The number of hydrogen-bond acceptors (Lipinski definition) is 7. The number of phenols is 1. The molecule has 1 saturated heterocycles. The molecule has 2 aromatic carbocycles. The fraction of sp³-hybridized carbons (Fsp3) is 0.320. The van der Waals surface area contributed by atoms with Gasteiger partial charge in [-0.25, -0.2) is 0 Å². The summed E-state index contributed by atoms with van der Waals surface area (Å²) in [6.45, 7) is 0. The van der Waals surface area contributed by atoms with Crippen molar-refractivity contribution in [2.75, 3.05) is 0 Å². The molecule has 2 aliphatic carbocycles. The molecular formula is C25H19NO5S2. The van der Waals surface area contributed by atoms with Crippen molar-refractivity contribution < 1.29 is 19.4 Å². The fourth-order valence-electron chi connectivity index (χ4n) is 6.77. The van der Waals surface area contributed by atoms with E-state index in [1.165, 1.54) is 11.3 Å². The Balaban J connectivity index is 1.45. The normalized spacial score (nSPS) is 33.5. The van der Waals surface area contributed by atoms with Gasteiger partial charge >= 0.3 is 16.8 Å². The molecule has 7 rings (SSSR count). The number of aromatic hydroxyl groups is 1. The topological polar surface area (TPSA) is 85.6 Å². The van der Waals surface area contributed by atoms with Gasteiger partial charge in [-0.2, -0.15) is 0 Å². The highest BCUT2D eigenvalue weighted by Crippen LogP contribution is 2.69. The second-order valence-corrected chi connectivity index (χ2v) is 11.4. The zero-order valence-corrected chi connectivity index (χ0v) is 18.9. The van der Waals surface area contributed by atoms with E-state index in [1.54, 1.807) is 28.5 Å². The Morgan fingerprint density at radius 2 is 1.61 bits per heavy atom. The largest absolute Gasteiger partial charge is 0.508 e. The van der Waals surface area contributed by atoms with Gasteiger partial charge in [0, 0.05) is 21.6 Å². The minimum Gasteiger partial charge on any atom is -0.508 e. The van der Waals surface area contributed by atoms with E-state index in [2.05, 4.69) is 0 Å². The molecule has 6 nitrogen and oxygen atoms in total. The number of hydrogen-bond donors (Lipinski definition) is 1. The smallest absolute Gasteiger partial charge is 0.317 e. The second-order valence-electron chi connectivity index (χ2n) is 9.26. The number of para-hydroxylation sites is 2. The van der Waals surface area contributed by atoms with Gasteiger partial charge in [-0.1, -0.05) is 47.7 Å². The molecule has 1 N–H and O–H groups in total. The average molecular weight is 478 g/mol. The molecule has 4 aliphatic rings. The maximum atomic E-state index is 13.2. The number of fused-ring (bicyclic) bond motifs is 9. The first kappa shape index (κ1) is 19.6. The summed E-state index contributed by atoms with van der Waals surface area (Å²) in [5, 5.41) is 11.8. The molecule has 2 saturated carbocycles. The molecule has 7 atom stereocenters. The number of ether oxygens (including phenoxy) is 1. The maximum absolute atomic E-state index is 13.2. The SMILES string of the molecule is O=C1OC(=O)[C@@H]2[C@H]3C[C@H]([C@@H]12)[C@H]1[C@@H](c2ccccc2O)c2sc(=O)n(-c4ccccc4)c2S[C@@H]31. The van der Waals surface area contributed by atoms with Gasteiger partial charge in [0.1, 0.15) is 5.75 Å². The summed E-state index contributed by atoms with van der Waals surface area (Å²) in [6.07, 6.45) is 0.799. The van der Waals surface area contributed by atoms with Crippen LogP contribution in [-0.2, 0) is 14.3 Å². The molecule has 2 aliphatic heterocycles. The Morgan fingerprint density at radius 1 is 0.909 bits per heavy atom. The first-order valence-electron chi connectivity index (χ1n) is 11.1. The number of phenolic OH excluding ortho intramolecular Hbond substituents is 1. The van der Waals surface area contributed by atoms with Crippen LogP contribution in [0, 0.1) is 29.6 Å². The molecule has 33 heavy (non-hydrogen) atoms. The predicted molar refractivity (Wildman–Crippen MR) is 123 cm³/mol. The Morgan fingerprint density at radius 3 is 2.36 bits per heavy atom. The van der Waals surface area contributed by atoms with E-state index < -0.39 is 23.8 Å². The molecular weight excluding hydrogens is 458 g/mol. The summed E-state index contributed by atoms with van der Waals surface area (Å²) in [5.41, 5.74) is 1.58. The number of benzene rings is 2. The molecule has 2 bridgehead atoms. The number of carbonyl (C=O) groups is 2. The van der Waals surface area contributed by atoms with Crippen molar-refractivity contribution in [3.8, 4) is 11.4 Å². The molecule has 3 fully saturated rings. The van der Waals surface area contributed by atoms with Crippen LogP contribution in [0.4, 0.5) is 0 Å². The van der Waals surface area contributed by atoms with Crippen LogP contribution in [0.1, 0.15) is 22.8 Å². The highest BCUT2D eigenvalue weighted by molar-refractivity contribution is 8.00. The summed E-state index contributed by atoms with van der Waals surface area (Å²) in [5.74, 6) is -1.56. The third kappa shape index (κ3) is 2.53. The number of thioether (sulfide) groups is 1. The maximum Gasteiger partial charge on any atom is 0.317 e. The minimum absolute atomic E-state index is 0.00316. The molecule has 3 aromatic rings. The van der Waals surface area contributed by atoms with Crippen molar-refractivity contribution >= 4 is 35.0 Å². The van der Waals surface area contributed by atoms with Crippen LogP contribution in [0.5, 0.6) is 5.75 Å². The average Bonchev–Trinajstić information content (AvgIpc) is 3.53. The van der Waals surface area contributed by atoms with Crippen molar-refractivity contribution in [3.05, 3.63) is 74.7 Å². The van der Waals surface area contributed by atoms with Crippen LogP contribution in [0.15, 0.2) is 64.4 Å². The lowest BCUT2D eigenvalue weighted by atomic mass is 9.68. The molecule has 8 heteroatoms. The minimum atomic E-state index is -0.410. The van der Waals surface area contributed by atoms with Crippen LogP contribution < -0.4 is 4.87 Å². The Hall–Kier alpha value is -2.84. The Labute approximate surface area is 197 Å². The van der Waals surface area contributed by atoms with Gasteiger partial charge in [0.2, 0.25) is 0 Å². The van der Waals surface area contributed by atoms with Crippen LogP contribution >= 0.6 is 23.1 Å². The highest BCUT2D eigenvalue weighted by Gasteiger charge is 2.69. The van der Waals surface area contributed by atoms with E-state index >= 15 is 0 Å². The number of thiazole rings is 1. The van der Waals surface area contributed by atoms with Crippen molar-refractivity contribution in [2.24, 2.45) is 29.6 Å². The molecule has 0 radical (unpaired) electrons. The Kier molecular flexibility index (Phi) is 4.06. The first-order valence-corrected chi connectivity index (χ1v) is 12.8. The van der Waals surface area contributed by atoms with Crippen molar-refractivity contribution in [3.63, 3.8) is 0 Å². The molecule has 0 amide bonds. The zero-order chi connectivity index (χ0) is 22.4. The van der Waals surface area contributed by atoms with E-state index in [9.17, 15) is 19.5 Å². The van der Waals surface area contributed by atoms with Crippen molar-refractivity contribution in [1.29, 1.82) is 0 Å². The summed E-state index contributed by atoms with van der Waals surface area (Å²) in [6, 6.07) is 16.8. The summed E-state index contributed by atoms with van der Waals surface area (Å²) < 4.78 is 6.82. The number of esters is 2. The summed E-state index contributed by atoms with van der Waals surface area (Å²) in [4.78, 5) is 39.2. The standard InChI is InChI=1S/C25H19NO5S2/c27-15-9-5-4-8-12(15)16-17-13-10-14(19-18(13)23(28)31-24(19)29)20(17)32-22-21(16)33-25(30)26(22)11-6-2-1-3-7-11/h1-9,13-14,16-20,27H,10H2/t13-,14+,16+,17-,18+,19+,20-/m0/s1. The van der Waals surface area contributed by atoms with Gasteiger partial charge in [-0.15, -0.1) is 11.8 Å². The van der Waals surface area contributed by atoms with E-state index in [-0.39, 0.29) is 39.5 Å². The number of carbonyl (C=O) groups excluding carboxylic acids is 2. The van der Waals surface area contributed by atoms with Gasteiger partial charge in [0.05, 0.1) is 22.5 Å². The molecule has 3 heterocycles. The molecule has 166 valence electrons. The van der Waals surface area contributed by atoms with Gasteiger partial charge < -0.3 is 9.84 Å². The van der Waals surface area contributed by atoms with Crippen LogP contribution in [0.3, 0.4) is 0 Å². The number of nitrogens with zero attached hydrogens (tertiary/aromatic N) is 1. The van der Waals surface area contributed by atoms with E-state index in [0.717, 1.165) is 27.6 Å². The van der Waals surface area contributed by atoms with Crippen LogP contribution in [0.2, 0.25) is 0 Å². The van der Waals surface area contributed by atoms with Crippen LogP contribution in [0.25, 0.3) is 5.69 Å². The number of rotatable bonds is 2. The monoisotopic (exact) mass is 477 g/mol. The van der Waals surface area contributed by atoms with E-state index in [4.69, 9.17) is 4.74 Å². The van der Waals surface area contributed by atoms with E-state index in [1.807, 2.05) is 42.5 Å². The quantitative estimate of drug-likeness (QED) is 0.447. The third-order valence-corrected chi connectivity index (χ3v) is 10.6. The molecule has 0 spiro atoms. The van der Waals surface area contributed by atoms with Gasteiger partial charge in [0.25, 0.3) is 0 Å². The zero-order valence-electron chi connectivity index (χ0n) is 17.3. The van der Waals surface area contributed by atoms with Gasteiger partial charge in [-0.3, -0.25) is 19.0 Å². The predicted octanol–water partition coefficient (Wildman–Crippen LogP) is 3.79. The van der Waals surface area contributed by atoms with Gasteiger partial charge in [0.15, 0.2) is 0 Å². The highest BCUT2D eigenvalue weighted by atomic mass is 32.2. The van der Waals surface area contributed by atoms with Crippen molar-refractivity contribution in [1.82, 2.24) is 4.57 Å². The van der Waals surface area contributed by atoms with E-state index in [0.29, 0.717) is 0 Å². The summed E-state index contributed by atoms with van der Waals surface area (Å²) >= 11 is 2.88. The fourth-order valence-corrected chi connectivity index (χ4v) is 9.93. The molecule has 1 aromatic heterocycles. The molecule has 0 unspecified atom stereocenters. The Bertz CT molecular complexity index is 1380. The number of cyclic esters (lactones) is 2. The third-order valence-electron chi connectivity index (χ3n) is 7.89. The lowest BCUT2D eigenvalue weighted by Crippen LogP contribution is -2.43. The lowest BCUT2D eigenvalue weighted by molar-refractivity contribution is -0.154. The van der Waals surface area contributed by atoms with Crippen molar-refractivity contribution in [2.45, 2.75) is 22.6 Å². The first-order chi connectivity index (χ1) is 16.0. The summed E-state index contributed by atoms with van der Waals surface area (Å²) in [7, 11) is 0. The van der Waals surface area contributed by atoms with Crippen LogP contribution in [-0.4, -0.2) is 26.9 Å². The number of aromatic nitrogens is 1.